The summed E-state index contributed by atoms with van der Waals surface area (Å²) in [6.45, 7) is 0. The van der Waals surface area contributed by atoms with E-state index in [2.05, 4.69) is 17.3 Å². The molecule has 4 aliphatic rings. The Morgan fingerprint density at radius 2 is 1.86 bits per heavy atom. The van der Waals surface area contributed by atoms with Gasteiger partial charge in [-0.25, -0.2) is 0 Å². The fourth-order valence-electron chi connectivity index (χ4n) is 4.66. The molecule has 0 aromatic carbocycles. The van der Waals surface area contributed by atoms with E-state index >= 15 is 0 Å². The van der Waals surface area contributed by atoms with Crippen LogP contribution in [0.3, 0.4) is 0 Å². The van der Waals surface area contributed by atoms with Crippen molar-refractivity contribution in [3.63, 3.8) is 0 Å². The molecule has 4 atom stereocenters. The van der Waals surface area contributed by atoms with Crippen LogP contribution in [-0.4, -0.2) is 23.0 Å². The minimum Gasteiger partial charge on any atom is -0.272 e. The summed E-state index contributed by atoms with van der Waals surface area (Å²) in [5, 5.41) is 7.24. The number of thiophene rings is 1. The zero-order valence-corrected chi connectivity index (χ0v) is 12.1. The van der Waals surface area contributed by atoms with Crippen molar-refractivity contribution in [2.45, 2.75) is 12.8 Å². The van der Waals surface area contributed by atoms with Gasteiger partial charge < -0.3 is 0 Å². The number of carbonyl (C=O) groups excluding carboxylic acids is 2. The number of fused-ring (bicyclic) bond motifs is 3. The fraction of sp³-hybridized carbons (Fsp3) is 0.438. The SMILES string of the molecule is O=C1[C@@H]2[C@@H](C(=O)N1/N=C\c1cccs1)[C@H]1C=C[C@H]2C12CC2. The largest absolute Gasteiger partial charge is 0.272 e. The van der Waals surface area contributed by atoms with Gasteiger partial charge in [0.15, 0.2) is 0 Å². The minimum absolute atomic E-state index is 0.0964. The smallest absolute Gasteiger partial charge is 0.254 e. The molecule has 0 radical (unpaired) electrons. The van der Waals surface area contributed by atoms with Gasteiger partial charge in [-0.15, -0.1) is 11.3 Å². The van der Waals surface area contributed by atoms with Gasteiger partial charge in [-0.2, -0.15) is 10.1 Å². The molecule has 3 aliphatic carbocycles. The van der Waals surface area contributed by atoms with Crippen LogP contribution in [0.25, 0.3) is 0 Å². The van der Waals surface area contributed by atoms with E-state index in [0.29, 0.717) is 0 Å². The lowest BCUT2D eigenvalue weighted by Crippen LogP contribution is -2.30. The highest BCUT2D eigenvalue weighted by Crippen LogP contribution is 2.73. The third kappa shape index (κ3) is 1.33. The van der Waals surface area contributed by atoms with E-state index in [9.17, 15) is 9.59 Å². The second kappa shape index (κ2) is 3.71. The van der Waals surface area contributed by atoms with Crippen molar-refractivity contribution in [2.24, 2.45) is 34.2 Å². The molecule has 2 bridgehead atoms. The first-order valence-corrected chi connectivity index (χ1v) is 8.24. The Morgan fingerprint density at radius 3 is 2.38 bits per heavy atom. The van der Waals surface area contributed by atoms with E-state index in [-0.39, 0.29) is 40.9 Å². The van der Waals surface area contributed by atoms with Crippen LogP contribution in [0, 0.1) is 29.1 Å². The van der Waals surface area contributed by atoms with Gasteiger partial charge in [0.05, 0.1) is 18.1 Å². The first kappa shape index (κ1) is 11.9. The second-order valence-electron chi connectivity index (χ2n) is 6.47. The molecule has 1 saturated heterocycles. The number of hydrazone groups is 1. The lowest BCUT2D eigenvalue weighted by atomic mass is 9.85. The zero-order valence-electron chi connectivity index (χ0n) is 11.3. The summed E-state index contributed by atoms with van der Waals surface area (Å²) < 4.78 is 0. The van der Waals surface area contributed by atoms with Crippen LogP contribution in [-0.2, 0) is 9.59 Å². The molecule has 106 valence electrons. The van der Waals surface area contributed by atoms with Crippen LogP contribution in [0.15, 0.2) is 34.8 Å². The van der Waals surface area contributed by atoms with Crippen molar-refractivity contribution >= 4 is 29.4 Å². The minimum atomic E-state index is -0.157. The Bertz CT molecular complexity index is 668. The van der Waals surface area contributed by atoms with Gasteiger partial charge in [-0.1, -0.05) is 18.2 Å². The number of allylic oxidation sites excluding steroid dienone is 2. The normalized spacial score (nSPS) is 38.2. The Balaban J connectivity index is 1.48. The topological polar surface area (TPSA) is 49.7 Å². The molecule has 0 N–H and O–H groups in total. The van der Waals surface area contributed by atoms with E-state index in [1.807, 2.05) is 17.5 Å². The van der Waals surface area contributed by atoms with Crippen molar-refractivity contribution in [1.29, 1.82) is 0 Å². The van der Waals surface area contributed by atoms with Crippen LogP contribution in [0.4, 0.5) is 0 Å². The molecular weight excluding hydrogens is 284 g/mol. The quantitative estimate of drug-likeness (QED) is 0.478. The molecule has 2 heterocycles. The predicted octanol–water partition coefficient (Wildman–Crippen LogP) is 2.28. The van der Waals surface area contributed by atoms with Crippen LogP contribution >= 0.6 is 11.3 Å². The number of hydrogen-bond donors (Lipinski definition) is 0. The monoisotopic (exact) mass is 298 g/mol. The Morgan fingerprint density at radius 1 is 1.19 bits per heavy atom. The Labute approximate surface area is 126 Å². The van der Waals surface area contributed by atoms with Crippen molar-refractivity contribution in [2.75, 3.05) is 0 Å². The molecule has 3 fully saturated rings. The van der Waals surface area contributed by atoms with E-state index in [1.54, 1.807) is 17.6 Å². The van der Waals surface area contributed by atoms with E-state index < -0.39 is 0 Å². The molecule has 1 aromatic rings. The third-order valence-electron chi connectivity index (χ3n) is 5.67. The summed E-state index contributed by atoms with van der Waals surface area (Å²) in [6.07, 6.45) is 8.31. The van der Waals surface area contributed by atoms with Gasteiger partial charge in [0.25, 0.3) is 11.8 Å². The molecule has 2 amide bonds. The number of amides is 2. The lowest BCUT2D eigenvalue weighted by Gasteiger charge is -2.18. The van der Waals surface area contributed by atoms with Gasteiger partial charge >= 0.3 is 0 Å². The summed E-state index contributed by atoms with van der Waals surface area (Å²) >= 11 is 1.54. The highest BCUT2D eigenvalue weighted by Gasteiger charge is 2.73. The van der Waals surface area contributed by atoms with E-state index in [1.165, 1.54) is 12.8 Å². The molecule has 5 rings (SSSR count). The molecule has 5 heteroatoms. The Hall–Kier alpha value is -1.75. The lowest BCUT2D eigenvalue weighted by molar-refractivity contribution is -0.141. The van der Waals surface area contributed by atoms with Crippen molar-refractivity contribution < 1.29 is 9.59 Å². The van der Waals surface area contributed by atoms with Crippen molar-refractivity contribution in [3.05, 3.63) is 34.5 Å². The summed E-state index contributed by atoms with van der Waals surface area (Å²) in [4.78, 5) is 26.2. The first-order chi connectivity index (χ1) is 10.2. The summed E-state index contributed by atoms with van der Waals surface area (Å²) in [7, 11) is 0. The number of carbonyl (C=O) groups is 2. The van der Waals surface area contributed by atoms with Crippen LogP contribution < -0.4 is 0 Å². The molecule has 1 aromatic heterocycles. The summed E-state index contributed by atoms with van der Waals surface area (Å²) in [6, 6.07) is 3.85. The van der Waals surface area contributed by atoms with Crippen molar-refractivity contribution in [3.8, 4) is 0 Å². The predicted molar refractivity (Wildman–Crippen MR) is 78.5 cm³/mol. The number of imide groups is 1. The van der Waals surface area contributed by atoms with Crippen molar-refractivity contribution in [1.82, 2.24) is 5.01 Å². The maximum Gasteiger partial charge on any atom is 0.254 e. The molecule has 1 aliphatic heterocycles. The van der Waals surface area contributed by atoms with Gasteiger partial charge in [0.1, 0.15) is 0 Å². The van der Waals surface area contributed by atoms with E-state index in [0.717, 1.165) is 9.89 Å². The standard InChI is InChI=1S/C16H14N2O2S/c19-14-12-10-3-4-11(16(10)5-6-16)13(12)15(20)18(14)17-8-9-2-1-7-21-9/h1-4,7-8,10-13H,5-6H2/b17-8-/t10-,11-,12+,13+/m1/s1. The van der Waals surface area contributed by atoms with Crippen LogP contribution in [0.2, 0.25) is 0 Å². The average Bonchev–Trinajstić information content (AvgIpc) is 2.77. The molecule has 21 heavy (non-hydrogen) atoms. The molecule has 1 spiro atoms. The number of hydrogen-bond acceptors (Lipinski definition) is 4. The van der Waals surface area contributed by atoms with Gasteiger partial charge in [-0.05, 0) is 41.5 Å². The maximum atomic E-state index is 12.6. The first-order valence-electron chi connectivity index (χ1n) is 7.36. The van der Waals surface area contributed by atoms with E-state index in [4.69, 9.17) is 0 Å². The van der Waals surface area contributed by atoms with Gasteiger partial charge in [-0.3, -0.25) is 9.59 Å². The molecule has 2 saturated carbocycles. The van der Waals surface area contributed by atoms with Crippen LogP contribution in [0.5, 0.6) is 0 Å². The average molecular weight is 298 g/mol. The number of nitrogens with zero attached hydrogens (tertiary/aromatic N) is 2. The molecule has 4 nitrogen and oxygen atoms in total. The van der Waals surface area contributed by atoms with Gasteiger partial charge in [0.2, 0.25) is 0 Å². The highest BCUT2D eigenvalue weighted by atomic mass is 32.1. The zero-order chi connectivity index (χ0) is 14.2. The summed E-state index contributed by atoms with van der Waals surface area (Å²) in [5.74, 6) is 0.0320. The highest BCUT2D eigenvalue weighted by molar-refractivity contribution is 7.11. The third-order valence-corrected chi connectivity index (χ3v) is 6.48. The second-order valence-corrected chi connectivity index (χ2v) is 7.45. The number of rotatable bonds is 2. The fourth-order valence-corrected chi connectivity index (χ4v) is 5.24. The van der Waals surface area contributed by atoms with Gasteiger partial charge in [0, 0.05) is 4.88 Å². The van der Waals surface area contributed by atoms with Crippen LogP contribution in [0.1, 0.15) is 17.7 Å². The maximum absolute atomic E-state index is 12.6. The summed E-state index contributed by atoms with van der Waals surface area (Å²) in [5.41, 5.74) is 0.254. The molecule has 0 unspecified atom stereocenters. The molecular formula is C16H14N2O2S. The Kier molecular flexibility index (Phi) is 2.10.